The van der Waals surface area contributed by atoms with Gasteiger partial charge in [-0.1, -0.05) is 0 Å². The summed E-state index contributed by atoms with van der Waals surface area (Å²) in [5.41, 5.74) is -1.13. The fourth-order valence-electron chi connectivity index (χ4n) is 1.78. The van der Waals surface area contributed by atoms with Crippen molar-refractivity contribution in [1.29, 1.82) is 0 Å². The minimum Gasteiger partial charge on any atom is -0.748 e. The summed E-state index contributed by atoms with van der Waals surface area (Å²) in [5, 5.41) is 0. The lowest BCUT2D eigenvalue weighted by Crippen LogP contribution is -2.38. The van der Waals surface area contributed by atoms with Crippen molar-refractivity contribution in [2.45, 2.75) is 12.7 Å². The lowest BCUT2D eigenvalue weighted by molar-refractivity contribution is -0.693. The van der Waals surface area contributed by atoms with Crippen LogP contribution in [0.4, 0.5) is 13.2 Å². The fraction of sp³-hybridized carbons (Fsp3) is 0.250. The minimum absolute atomic E-state index is 0.0402. The molecule has 0 N–H and O–H groups in total. The summed E-state index contributed by atoms with van der Waals surface area (Å²) >= 11 is 0. The molecule has 2 aromatic rings. The molecule has 6 nitrogen and oxygen atoms in total. The Morgan fingerprint density at radius 2 is 2.00 bits per heavy atom. The van der Waals surface area contributed by atoms with Crippen molar-refractivity contribution in [3.05, 3.63) is 42.6 Å². The third-order valence-electron chi connectivity index (χ3n) is 2.76. The Labute approximate surface area is 124 Å². The van der Waals surface area contributed by atoms with E-state index in [0.717, 1.165) is 16.8 Å². The molecular weight excluding hydrogens is 323 g/mol. The SMILES string of the molecule is O=S(=O)([O-])CC[n+]1ccc(-c2cnccn2)c(C(F)(F)F)c1. The smallest absolute Gasteiger partial charge is 0.422 e. The zero-order chi connectivity index (χ0) is 16.4. The van der Waals surface area contributed by atoms with Gasteiger partial charge in [-0.25, -0.2) is 13.0 Å². The van der Waals surface area contributed by atoms with Gasteiger partial charge in [0.05, 0.1) is 17.6 Å². The van der Waals surface area contributed by atoms with Gasteiger partial charge in [0, 0.05) is 24.0 Å². The van der Waals surface area contributed by atoms with Crippen LogP contribution in [0.5, 0.6) is 0 Å². The normalized spacial score (nSPS) is 12.4. The van der Waals surface area contributed by atoms with Crippen LogP contribution in [0.3, 0.4) is 0 Å². The first-order valence-corrected chi connectivity index (χ1v) is 7.55. The molecule has 2 rings (SSSR count). The molecule has 0 aliphatic heterocycles. The molecule has 0 saturated heterocycles. The summed E-state index contributed by atoms with van der Waals surface area (Å²) in [7, 11) is -4.51. The van der Waals surface area contributed by atoms with Gasteiger partial charge < -0.3 is 4.55 Å². The summed E-state index contributed by atoms with van der Waals surface area (Å²) in [4.78, 5) is 7.54. The second kappa shape index (κ2) is 5.97. The predicted molar refractivity (Wildman–Crippen MR) is 67.2 cm³/mol. The topological polar surface area (TPSA) is 86.9 Å². The average Bonchev–Trinajstić information content (AvgIpc) is 2.44. The maximum Gasteiger partial charge on any atom is 0.422 e. The molecular formula is C12H10F3N3O3S. The van der Waals surface area contributed by atoms with Crippen LogP contribution in [-0.2, 0) is 22.8 Å². The number of alkyl halides is 3. The van der Waals surface area contributed by atoms with Crippen LogP contribution < -0.4 is 4.57 Å². The molecule has 0 atom stereocenters. The molecule has 0 bridgehead atoms. The highest BCUT2D eigenvalue weighted by atomic mass is 32.2. The van der Waals surface area contributed by atoms with E-state index in [2.05, 4.69) is 9.97 Å². The van der Waals surface area contributed by atoms with Gasteiger partial charge in [0.15, 0.2) is 18.9 Å². The number of nitrogens with zero attached hydrogens (tertiary/aromatic N) is 3. The summed E-state index contributed by atoms with van der Waals surface area (Å²) < 4.78 is 72.1. The Hall–Kier alpha value is -2.07. The second-order valence-electron chi connectivity index (χ2n) is 4.36. The van der Waals surface area contributed by atoms with E-state index in [4.69, 9.17) is 0 Å². The molecule has 10 heteroatoms. The van der Waals surface area contributed by atoms with E-state index in [1.54, 1.807) is 0 Å². The van der Waals surface area contributed by atoms with E-state index < -0.39 is 27.6 Å². The number of hydrogen-bond acceptors (Lipinski definition) is 5. The van der Waals surface area contributed by atoms with Gasteiger partial charge in [-0.15, -0.1) is 0 Å². The molecule has 2 aromatic heterocycles. The van der Waals surface area contributed by atoms with E-state index in [9.17, 15) is 26.1 Å². The molecule has 0 spiro atoms. The first kappa shape index (κ1) is 16.3. The highest BCUT2D eigenvalue weighted by molar-refractivity contribution is 7.85. The molecule has 0 amide bonds. The molecule has 0 aliphatic carbocycles. The number of pyridine rings is 1. The standard InChI is InChI=1S/C12H10F3N3O3S/c13-12(14,15)10-8-18(5-6-22(19,20)21)4-1-9(10)11-7-16-2-3-17-11/h1-4,7-8H,5-6H2. The molecule has 22 heavy (non-hydrogen) atoms. The summed E-state index contributed by atoms with van der Waals surface area (Å²) in [6.07, 6.45) is 1.13. The van der Waals surface area contributed by atoms with Gasteiger partial charge >= 0.3 is 6.18 Å². The van der Waals surface area contributed by atoms with E-state index in [1.165, 1.54) is 24.8 Å². The molecule has 0 aromatic carbocycles. The molecule has 0 saturated carbocycles. The number of hydrogen-bond donors (Lipinski definition) is 0. The molecule has 2 heterocycles. The summed E-state index contributed by atoms with van der Waals surface area (Å²) in [6, 6.07) is 1.16. The second-order valence-corrected chi connectivity index (χ2v) is 5.88. The van der Waals surface area contributed by atoms with Crippen molar-refractivity contribution in [2.75, 3.05) is 5.75 Å². The Bertz CT molecular complexity index is 764. The fourth-order valence-corrected chi connectivity index (χ4v) is 2.22. The van der Waals surface area contributed by atoms with Crippen LogP contribution in [0.1, 0.15) is 5.56 Å². The summed E-state index contributed by atoms with van der Waals surface area (Å²) in [6.45, 7) is -0.365. The Kier molecular flexibility index (Phi) is 4.42. The summed E-state index contributed by atoms with van der Waals surface area (Å²) in [5.74, 6) is -0.792. The molecule has 118 valence electrons. The highest BCUT2D eigenvalue weighted by Gasteiger charge is 2.37. The zero-order valence-electron chi connectivity index (χ0n) is 11.0. The third-order valence-corrected chi connectivity index (χ3v) is 3.44. The molecule has 0 fully saturated rings. The maximum absolute atomic E-state index is 13.1. The van der Waals surface area contributed by atoms with Crippen LogP contribution in [0, 0.1) is 0 Å². The molecule has 0 unspecified atom stereocenters. The van der Waals surface area contributed by atoms with Gasteiger partial charge in [0.25, 0.3) is 0 Å². The number of halogens is 3. The maximum atomic E-state index is 13.1. The van der Waals surface area contributed by atoms with E-state index in [1.807, 2.05) is 0 Å². The minimum atomic E-state index is -4.66. The molecule has 0 radical (unpaired) electrons. The van der Waals surface area contributed by atoms with Crippen molar-refractivity contribution in [3.63, 3.8) is 0 Å². The third kappa shape index (κ3) is 4.21. The molecule has 0 aliphatic rings. The van der Waals surface area contributed by atoms with Gasteiger partial charge in [-0.3, -0.25) is 9.97 Å². The van der Waals surface area contributed by atoms with Crippen molar-refractivity contribution < 1.29 is 30.7 Å². The number of aryl methyl sites for hydroxylation is 1. The lowest BCUT2D eigenvalue weighted by atomic mass is 10.1. The quantitative estimate of drug-likeness (QED) is 0.615. The van der Waals surface area contributed by atoms with Crippen molar-refractivity contribution in [3.8, 4) is 11.3 Å². The van der Waals surface area contributed by atoms with Gasteiger partial charge in [-0.05, 0) is 0 Å². The Morgan fingerprint density at radius 1 is 1.27 bits per heavy atom. The Morgan fingerprint density at radius 3 is 2.55 bits per heavy atom. The lowest BCUT2D eigenvalue weighted by Gasteiger charge is -2.11. The predicted octanol–water partition coefficient (Wildman–Crippen LogP) is 0.995. The van der Waals surface area contributed by atoms with Crippen LogP contribution in [-0.4, -0.2) is 28.7 Å². The number of aromatic nitrogens is 3. The van der Waals surface area contributed by atoms with Crippen molar-refractivity contribution in [2.24, 2.45) is 0 Å². The van der Waals surface area contributed by atoms with E-state index in [0.29, 0.717) is 0 Å². The first-order chi connectivity index (χ1) is 10.2. The monoisotopic (exact) mass is 333 g/mol. The average molecular weight is 333 g/mol. The van der Waals surface area contributed by atoms with Gasteiger partial charge in [0.1, 0.15) is 15.7 Å². The van der Waals surface area contributed by atoms with Crippen LogP contribution in [0.25, 0.3) is 11.3 Å². The zero-order valence-corrected chi connectivity index (χ0v) is 11.8. The highest BCUT2D eigenvalue weighted by Crippen LogP contribution is 2.35. The first-order valence-electron chi connectivity index (χ1n) is 5.97. The van der Waals surface area contributed by atoms with E-state index in [-0.39, 0.29) is 17.8 Å². The number of rotatable bonds is 4. The van der Waals surface area contributed by atoms with Gasteiger partial charge in [-0.2, -0.15) is 13.2 Å². The largest absolute Gasteiger partial charge is 0.748 e. The van der Waals surface area contributed by atoms with Crippen LogP contribution in [0.15, 0.2) is 37.1 Å². The van der Waals surface area contributed by atoms with Crippen molar-refractivity contribution >= 4 is 10.1 Å². The van der Waals surface area contributed by atoms with Crippen LogP contribution in [0.2, 0.25) is 0 Å². The van der Waals surface area contributed by atoms with E-state index >= 15 is 0 Å². The Balaban J connectivity index is 2.44. The van der Waals surface area contributed by atoms with Crippen molar-refractivity contribution in [1.82, 2.24) is 9.97 Å². The van der Waals surface area contributed by atoms with Gasteiger partial charge in [0.2, 0.25) is 0 Å². The van der Waals surface area contributed by atoms with Crippen LogP contribution >= 0.6 is 0 Å².